The number of halogens is 2. The SMILES string of the molecule is CC1CCCC(Sc2c(F)cc(CN)cc2F)C1. The number of thioether (sulfide) groups is 1. The Morgan fingerprint density at radius 1 is 1.28 bits per heavy atom. The van der Waals surface area contributed by atoms with Crippen molar-refractivity contribution in [2.24, 2.45) is 11.7 Å². The Labute approximate surface area is 111 Å². The summed E-state index contributed by atoms with van der Waals surface area (Å²) in [5.41, 5.74) is 5.91. The van der Waals surface area contributed by atoms with Crippen molar-refractivity contribution >= 4 is 11.8 Å². The number of benzene rings is 1. The fraction of sp³-hybridized carbons (Fsp3) is 0.571. The molecule has 0 radical (unpaired) electrons. The van der Waals surface area contributed by atoms with E-state index in [0.717, 1.165) is 19.3 Å². The minimum absolute atomic E-state index is 0.159. The van der Waals surface area contributed by atoms with Gasteiger partial charge in [-0.2, -0.15) is 0 Å². The van der Waals surface area contributed by atoms with Crippen molar-refractivity contribution in [2.75, 3.05) is 0 Å². The van der Waals surface area contributed by atoms with Gasteiger partial charge >= 0.3 is 0 Å². The summed E-state index contributed by atoms with van der Waals surface area (Å²) < 4.78 is 27.7. The highest BCUT2D eigenvalue weighted by Crippen LogP contribution is 2.38. The minimum Gasteiger partial charge on any atom is -0.326 e. The molecule has 0 spiro atoms. The number of hydrogen-bond acceptors (Lipinski definition) is 2. The van der Waals surface area contributed by atoms with Crippen molar-refractivity contribution < 1.29 is 8.78 Å². The summed E-state index contributed by atoms with van der Waals surface area (Å²) in [7, 11) is 0. The van der Waals surface area contributed by atoms with E-state index in [-0.39, 0.29) is 11.4 Å². The Bertz CT molecular complexity index is 399. The molecule has 1 saturated carbocycles. The van der Waals surface area contributed by atoms with Crippen LogP contribution in [0, 0.1) is 17.6 Å². The van der Waals surface area contributed by atoms with Gasteiger partial charge in [0.1, 0.15) is 11.6 Å². The van der Waals surface area contributed by atoms with Crippen LogP contribution < -0.4 is 5.73 Å². The maximum Gasteiger partial charge on any atom is 0.140 e. The molecular formula is C14H19F2NS. The lowest BCUT2D eigenvalue weighted by Gasteiger charge is -2.26. The molecule has 2 N–H and O–H groups in total. The largest absolute Gasteiger partial charge is 0.326 e. The fourth-order valence-electron chi connectivity index (χ4n) is 2.49. The third kappa shape index (κ3) is 3.23. The van der Waals surface area contributed by atoms with Crippen LogP contribution in [0.2, 0.25) is 0 Å². The van der Waals surface area contributed by atoms with E-state index in [9.17, 15) is 8.78 Å². The molecule has 0 aliphatic heterocycles. The van der Waals surface area contributed by atoms with E-state index >= 15 is 0 Å². The molecule has 1 aromatic rings. The quantitative estimate of drug-likeness (QED) is 0.896. The number of nitrogens with two attached hydrogens (primary N) is 1. The zero-order valence-corrected chi connectivity index (χ0v) is 11.4. The highest BCUT2D eigenvalue weighted by molar-refractivity contribution is 8.00. The van der Waals surface area contributed by atoms with Crippen molar-refractivity contribution in [1.82, 2.24) is 0 Å². The third-order valence-electron chi connectivity index (χ3n) is 3.47. The molecule has 0 saturated heterocycles. The standard InChI is InChI=1S/C14H19F2NS/c1-9-3-2-4-11(5-9)18-14-12(15)6-10(8-17)7-13(14)16/h6-7,9,11H,2-5,8,17H2,1H3. The third-order valence-corrected chi connectivity index (χ3v) is 4.85. The molecule has 2 unspecified atom stereocenters. The van der Waals surface area contributed by atoms with Crippen molar-refractivity contribution in [1.29, 1.82) is 0 Å². The van der Waals surface area contributed by atoms with E-state index in [1.807, 2.05) is 0 Å². The molecule has 0 amide bonds. The van der Waals surface area contributed by atoms with Crippen LogP contribution in [-0.2, 0) is 6.54 Å². The smallest absolute Gasteiger partial charge is 0.140 e. The number of hydrogen-bond donors (Lipinski definition) is 1. The summed E-state index contributed by atoms with van der Waals surface area (Å²) in [6, 6.07) is 2.69. The second-order valence-electron chi connectivity index (χ2n) is 5.10. The molecule has 1 aromatic carbocycles. The second kappa shape index (κ2) is 6.02. The predicted molar refractivity (Wildman–Crippen MR) is 71.5 cm³/mol. The first kappa shape index (κ1) is 13.8. The Hall–Kier alpha value is -0.610. The lowest BCUT2D eigenvalue weighted by atomic mass is 9.91. The lowest BCUT2D eigenvalue weighted by molar-refractivity contribution is 0.393. The first-order chi connectivity index (χ1) is 8.60. The van der Waals surface area contributed by atoms with Crippen LogP contribution in [0.4, 0.5) is 8.78 Å². The van der Waals surface area contributed by atoms with Crippen LogP contribution >= 0.6 is 11.8 Å². The van der Waals surface area contributed by atoms with Gasteiger partial charge in [-0.1, -0.05) is 19.8 Å². The Morgan fingerprint density at radius 3 is 2.50 bits per heavy atom. The van der Waals surface area contributed by atoms with Gasteiger partial charge in [0.15, 0.2) is 0 Å². The van der Waals surface area contributed by atoms with Crippen LogP contribution in [-0.4, -0.2) is 5.25 Å². The summed E-state index contributed by atoms with van der Waals surface area (Å²) in [5.74, 6) is -0.289. The van der Waals surface area contributed by atoms with E-state index in [1.54, 1.807) is 0 Å². The van der Waals surface area contributed by atoms with Crippen LogP contribution in [0.5, 0.6) is 0 Å². The van der Waals surface area contributed by atoms with Crippen molar-refractivity contribution in [3.63, 3.8) is 0 Å². The van der Waals surface area contributed by atoms with Gasteiger partial charge in [0.2, 0.25) is 0 Å². The molecule has 1 aliphatic rings. The Morgan fingerprint density at radius 2 is 1.94 bits per heavy atom. The molecule has 18 heavy (non-hydrogen) atoms. The zero-order valence-electron chi connectivity index (χ0n) is 10.6. The minimum atomic E-state index is -0.473. The van der Waals surface area contributed by atoms with Gasteiger partial charge in [-0.15, -0.1) is 11.8 Å². The maximum absolute atomic E-state index is 13.8. The average molecular weight is 271 g/mol. The zero-order chi connectivity index (χ0) is 13.1. The normalized spacial score (nSPS) is 24.2. The summed E-state index contributed by atoms with van der Waals surface area (Å²) in [4.78, 5) is 0.159. The van der Waals surface area contributed by atoms with E-state index in [4.69, 9.17) is 5.73 Å². The lowest BCUT2D eigenvalue weighted by Crippen LogP contribution is -2.15. The van der Waals surface area contributed by atoms with E-state index in [2.05, 4.69) is 6.92 Å². The fourth-order valence-corrected chi connectivity index (χ4v) is 3.88. The van der Waals surface area contributed by atoms with Crippen LogP contribution in [0.25, 0.3) is 0 Å². The molecular weight excluding hydrogens is 252 g/mol. The van der Waals surface area contributed by atoms with E-state index in [1.165, 1.54) is 30.3 Å². The van der Waals surface area contributed by atoms with E-state index in [0.29, 0.717) is 16.7 Å². The second-order valence-corrected chi connectivity index (χ2v) is 6.41. The molecule has 1 aliphatic carbocycles. The van der Waals surface area contributed by atoms with Gasteiger partial charge in [0.25, 0.3) is 0 Å². The first-order valence-corrected chi connectivity index (χ1v) is 7.32. The number of rotatable bonds is 3. The molecule has 1 nitrogen and oxygen atoms in total. The monoisotopic (exact) mass is 271 g/mol. The molecule has 4 heteroatoms. The van der Waals surface area contributed by atoms with Crippen LogP contribution in [0.1, 0.15) is 38.2 Å². The van der Waals surface area contributed by atoms with Gasteiger partial charge in [-0.05, 0) is 36.5 Å². The van der Waals surface area contributed by atoms with Crippen molar-refractivity contribution in [3.05, 3.63) is 29.3 Å². The van der Waals surface area contributed by atoms with Gasteiger partial charge in [0, 0.05) is 11.8 Å². The summed E-state index contributed by atoms with van der Waals surface area (Å²) in [6.45, 7) is 2.37. The highest BCUT2D eigenvalue weighted by atomic mass is 32.2. The van der Waals surface area contributed by atoms with Gasteiger partial charge < -0.3 is 5.73 Å². The van der Waals surface area contributed by atoms with Gasteiger partial charge in [0.05, 0.1) is 4.90 Å². The molecule has 2 rings (SSSR count). The molecule has 100 valence electrons. The summed E-state index contributed by atoms with van der Waals surface area (Å²) in [5, 5.41) is 0.335. The van der Waals surface area contributed by atoms with Crippen LogP contribution in [0.15, 0.2) is 17.0 Å². The van der Waals surface area contributed by atoms with Crippen molar-refractivity contribution in [2.45, 2.75) is 49.3 Å². The molecule has 2 atom stereocenters. The van der Waals surface area contributed by atoms with Crippen LogP contribution in [0.3, 0.4) is 0 Å². The molecule has 1 fully saturated rings. The average Bonchev–Trinajstić information content (AvgIpc) is 2.33. The summed E-state index contributed by atoms with van der Waals surface area (Å²) >= 11 is 1.35. The van der Waals surface area contributed by atoms with Gasteiger partial charge in [-0.25, -0.2) is 8.78 Å². The topological polar surface area (TPSA) is 26.0 Å². The first-order valence-electron chi connectivity index (χ1n) is 6.44. The van der Waals surface area contributed by atoms with Gasteiger partial charge in [-0.3, -0.25) is 0 Å². The molecule has 0 heterocycles. The Balaban J connectivity index is 2.13. The molecule has 0 aromatic heterocycles. The molecule has 0 bridgehead atoms. The predicted octanol–water partition coefficient (Wildman–Crippen LogP) is 4.09. The highest BCUT2D eigenvalue weighted by Gasteiger charge is 2.22. The Kier molecular flexibility index (Phi) is 4.62. The van der Waals surface area contributed by atoms with E-state index < -0.39 is 11.6 Å². The van der Waals surface area contributed by atoms with Crippen molar-refractivity contribution in [3.8, 4) is 0 Å². The summed E-state index contributed by atoms with van der Waals surface area (Å²) in [6.07, 6.45) is 4.48. The maximum atomic E-state index is 13.8.